The molecule has 0 saturated carbocycles. The zero-order valence-electron chi connectivity index (χ0n) is 17.1. The van der Waals surface area contributed by atoms with Gasteiger partial charge in [-0.2, -0.15) is 0 Å². The third-order valence-electron chi connectivity index (χ3n) is 4.90. The van der Waals surface area contributed by atoms with Crippen LogP contribution in [-0.4, -0.2) is 60.1 Å². The maximum absolute atomic E-state index is 12.3. The van der Waals surface area contributed by atoms with Gasteiger partial charge in [0.15, 0.2) is 0 Å². The number of hydrogen-bond donors (Lipinski definition) is 2. The molecule has 2 rings (SSSR count). The van der Waals surface area contributed by atoms with Crippen LogP contribution in [0.2, 0.25) is 0 Å². The van der Waals surface area contributed by atoms with Gasteiger partial charge < -0.3 is 15.4 Å². The van der Waals surface area contributed by atoms with Crippen molar-refractivity contribution in [1.29, 1.82) is 0 Å². The van der Waals surface area contributed by atoms with Gasteiger partial charge >= 0.3 is 0 Å². The van der Waals surface area contributed by atoms with E-state index in [0.29, 0.717) is 12.1 Å². The number of carbonyl (C=O) groups is 2. The van der Waals surface area contributed by atoms with Crippen molar-refractivity contribution in [3.8, 4) is 0 Å². The highest BCUT2D eigenvalue weighted by Gasteiger charge is 2.33. The molecule has 0 spiro atoms. The summed E-state index contributed by atoms with van der Waals surface area (Å²) >= 11 is 0. The molecule has 1 aliphatic heterocycles. The lowest BCUT2D eigenvalue weighted by atomic mass is 10.00. The van der Waals surface area contributed by atoms with Crippen molar-refractivity contribution in [3.63, 3.8) is 0 Å². The molecule has 1 aromatic carbocycles. The van der Waals surface area contributed by atoms with E-state index in [0.717, 1.165) is 13.1 Å². The number of hydrogen-bond acceptors (Lipinski definition) is 4. The Bertz CT molecular complexity index is 623. The van der Waals surface area contributed by atoms with Gasteiger partial charge in [-0.3, -0.25) is 14.5 Å². The highest BCUT2D eigenvalue weighted by molar-refractivity contribution is 5.94. The van der Waals surface area contributed by atoms with Gasteiger partial charge in [0.2, 0.25) is 5.91 Å². The fraction of sp³-hybridized carbons (Fsp3) is 0.619. The Labute approximate surface area is 162 Å². The maximum atomic E-state index is 12.3. The van der Waals surface area contributed by atoms with Crippen LogP contribution >= 0.6 is 0 Å². The fourth-order valence-corrected chi connectivity index (χ4v) is 3.40. The molecular weight excluding hydrogens is 342 g/mol. The summed E-state index contributed by atoms with van der Waals surface area (Å²) in [6.07, 6.45) is 0.638. The van der Waals surface area contributed by atoms with E-state index in [1.54, 1.807) is 12.1 Å². The van der Waals surface area contributed by atoms with Crippen molar-refractivity contribution < 1.29 is 14.3 Å². The second-order valence-electron chi connectivity index (χ2n) is 8.20. The van der Waals surface area contributed by atoms with Gasteiger partial charge in [-0.15, -0.1) is 0 Å². The first-order chi connectivity index (χ1) is 12.7. The monoisotopic (exact) mass is 375 g/mol. The first-order valence-electron chi connectivity index (χ1n) is 9.70. The Morgan fingerprint density at radius 3 is 2.37 bits per heavy atom. The predicted octanol–water partition coefficient (Wildman–Crippen LogP) is 2.20. The summed E-state index contributed by atoms with van der Waals surface area (Å²) in [6.45, 7) is 12.6. The maximum Gasteiger partial charge on any atom is 0.251 e. The summed E-state index contributed by atoms with van der Waals surface area (Å²) in [5.41, 5.74) is 0.444. The minimum Gasteiger partial charge on any atom is -0.373 e. The van der Waals surface area contributed by atoms with Crippen LogP contribution in [0, 0.1) is 0 Å². The number of nitrogens with zero attached hydrogens (tertiary/aromatic N) is 1. The molecule has 27 heavy (non-hydrogen) atoms. The van der Waals surface area contributed by atoms with E-state index >= 15 is 0 Å². The van der Waals surface area contributed by atoms with Crippen LogP contribution in [0.5, 0.6) is 0 Å². The zero-order chi connectivity index (χ0) is 20.0. The summed E-state index contributed by atoms with van der Waals surface area (Å²) < 4.78 is 5.79. The van der Waals surface area contributed by atoms with Gasteiger partial charge in [-0.1, -0.05) is 18.2 Å². The van der Waals surface area contributed by atoms with Crippen molar-refractivity contribution in [2.45, 2.75) is 64.8 Å². The summed E-state index contributed by atoms with van der Waals surface area (Å²) in [4.78, 5) is 26.9. The number of ether oxygens (including phenoxy) is 1. The first kappa shape index (κ1) is 21.4. The SMILES string of the molecule is CC(CC(=O)NCC(C)(C)N1CC(C)OC(C)C1)NC(=O)c1ccccc1. The summed E-state index contributed by atoms with van der Waals surface area (Å²) in [6, 6.07) is 8.79. The van der Waals surface area contributed by atoms with E-state index in [1.165, 1.54) is 0 Å². The molecule has 3 atom stereocenters. The average Bonchev–Trinajstić information content (AvgIpc) is 2.60. The van der Waals surface area contributed by atoms with E-state index in [-0.39, 0.29) is 42.0 Å². The zero-order valence-corrected chi connectivity index (χ0v) is 17.1. The van der Waals surface area contributed by atoms with Crippen molar-refractivity contribution in [2.24, 2.45) is 0 Å². The Kier molecular flexibility index (Phi) is 7.39. The van der Waals surface area contributed by atoms with Gasteiger partial charge in [0.1, 0.15) is 0 Å². The first-order valence-corrected chi connectivity index (χ1v) is 9.70. The molecule has 0 bridgehead atoms. The van der Waals surface area contributed by atoms with Crippen molar-refractivity contribution in [1.82, 2.24) is 15.5 Å². The third kappa shape index (κ3) is 6.63. The van der Waals surface area contributed by atoms with E-state index in [2.05, 4.69) is 43.2 Å². The van der Waals surface area contributed by atoms with Crippen LogP contribution < -0.4 is 10.6 Å². The van der Waals surface area contributed by atoms with Crippen molar-refractivity contribution in [2.75, 3.05) is 19.6 Å². The summed E-state index contributed by atoms with van der Waals surface area (Å²) in [7, 11) is 0. The Morgan fingerprint density at radius 1 is 1.19 bits per heavy atom. The molecule has 1 heterocycles. The van der Waals surface area contributed by atoms with E-state index in [9.17, 15) is 9.59 Å². The van der Waals surface area contributed by atoms with Gasteiger partial charge in [-0.25, -0.2) is 0 Å². The van der Waals surface area contributed by atoms with E-state index in [1.807, 2.05) is 25.1 Å². The molecule has 1 fully saturated rings. The van der Waals surface area contributed by atoms with Gasteiger partial charge in [0.05, 0.1) is 12.2 Å². The highest BCUT2D eigenvalue weighted by Crippen LogP contribution is 2.20. The number of morpholine rings is 1. The largest absolute Gasteiger partial charge is 0.373 e. The summed E-state index contributed by atoms with van der Waals surface area (Å²) in [5, 5.41) is 5.89. The number of carbonyl (C=O) groups excluding carboxylic acids is 2. The molecule has 6 heteroatoms. The lowest BCUT2D eigenvalue weighted by molar-refractivity contribution is -0.123. The highest BCUT2D eigenvalue weighted by atomic mass is 16.5. The molecular formula is C21H33N3O3. The standard InChI is InChI=1S/C21H33N3O3/c1-15(23-20(26)18-9-7-6-8-10-18)11-19(25)22-14-21(4,5)24-12-16(2)27-17(3)13-24/h6-10,15-17H,11-14H2,1-5H3,(H,22,25)(H,23,26). The minimum absolute atomic E-state index is 0.0571. The lowest BCUT2D eigenvalue weighted by Crippen LogP contribution is -2.58. The number of amides is 2. The third-order valence-corrected chi connectivity index (χ3v) is 4.90. The fourth-order valence-electron chi connectivity index (χ4n) is 3.40. The molecule has 3 unspecified atom stereocenters. The van der Waals surface area contributed by atoms with Crippen LogP contribution in [0.3, 0.4) is 0 Å². The predicted molar refractivity (Wildman–Crippen MR) is 107 cm³/mol. The molecule has 0 radical (unpaired) electrons. The van der Waals surface area contributed by atoms with E-state index < -0.39 is 0 Å². The smallest absolute Gasteiger partial charge is 0.251 e. The Morgan fingerprint density at radius 2 is 1.78 bits per heavy atom. The quantitative estimate of drug-likeness (QED) is 0.766. The van der Waals surface area contributed by atoms with Gasteiger partial charge in [0.25, 0.3) is 5.91 Å². The normalized spacial score (nSPS) is 22.1. The second kappa shape index (κ2) is 9.33. The van der Waals surface area contributed by atoms with Crippen LogP contribution in [-0.2, 0) is 9.53 Å². The molecule has 150 valence electrons. The Balaban J connectivity index is 1.78. The number of rotatable bonds is 7. The molecule has 1 aliphatic rings. The molecule has 2 N–H and O–H groups in total. The van der Waals surface area contributed by atoms with Gasteiger partial charge in [-0.05, 0) is 46.8 Å². The number of benzene rings is 1. The molecule has 1 aromatic rings. The topological polar surface area (TPSA) is 70.7 Å². The molecule has 6 nitrogen and oxygen atoms in total. The van der Waals surface area contributed by atoms with Crippen LogP contribution in [0.1, 0.15) is 51.4 Å². The molecule has 1 saturated heterocycles. The second-order valence-corrected chi connectivity index (χ2v) is 8.20. The number of nitrogens with one attached hydrogen (secondary N) is 2. The molecule has 0 aliphatic carbocycles. The minimum atomic E-state index is -0.232. The Hall–Kier alpha value is -1.92. The summed E-state index contributed by atoms with van der Waals surface area (Å²) in [5.74, 6) is -0.217. The lowest BCUT2D eigenvalue weighted by Gasteiger charge is -2.45. The molecule has 0 aromatic heterocycles. The van der Waals surface area contributed by atoms with E-state index in [4.69, 9.17) is 4.74 Å². The van der Waals surface area contributed by atoms with Crippen LogP contribution in [0.4, 0.5) is 0 Å². The van der Waals surface area contributed by atoms with Crippen molar-refractivity contribution in [3.05, 3.63) is 35.9 Å². The molecule has 2 amide bonds. The van der Waals surface area contributed by atoms with Crippen LogP contribution in [0.15, 0.2) is 30.3 Å². The van der Waals surface area contributed by atoms with Crippen LogP contribution in [0.25, 0.3) is 0 Å². The van der Waals surface area contributed by atoms with Gasteiger partial charge in [0, 0.05) is 43.2 Å². The average molecular weight is 376 g/mol. The van der Waals surface area contributed by atoms with Crippen molar-refractivity contribution >= 4 is 11.8 Å².